The third-order valence-corrected chi connectivity index (χ3v) is 6.04. The van der Waals surface area contributed by atoms with Gasteiger partial charge in [0.15, 0.2) is 18.0 Å². The van der Waals surface area contributed by atoms with Crippen LogP contribution in [0.5, 0.6) is 0 Å². The number of esters is 3. The van der Waals surface area contributed by atoms with Crippen LogP contribution in [-0.4, -0.2) is 66.4 Å². The van der Waals surface area contributed by atoms with Crippen molar-refractivity contribution >= 4 is 17.9 Å². The molecule has 3 rings (SSSR count). The highest BCUT2D eigenvalue weighted by molar-refractivity contribution is 5.90. The summed E-state index contributed by atoms with van der Waals surface area (Å²) < 4.78 is 28.4. The van der Waals surface area contributed by atoms with Crippen LogP contribution in [-0.2, 0) is 28.5 Å². The average Bonchev–Trinajstić information content (AvgIpc) is 3.28. The maximum Gasteiger partial charge on any atom is 0.339 e. The number of ether oxygens (including phenoxy) is 5. The zero-order valence-electron chi connectivity index (χ0n) is 24.1. The molecule has 1 aliphatic heterocycles. The predicted octanol–water partition coefficient (Wildman–Crippen LogP) is 4.32. The van der Waals surface area contributed by atoms with Crippen LogP contribution >= 0.6 is 0 Å². The molecule has 4 atom stereocenters. The van der Waals surface area contributed by atoms with Crippen LogP contribution in [0.25, 0.3) is 0 Å². The van der Waals surface area contributed by atoms with Crippen LogP contribution in [0.1, 0.15) is 68.2 Å². The van der Waals surface area contributed by atoms with E-state index in [9.17, 15) is 19.5 Å². The standard InChI is InChI=1S/C32H38O9/c1-31(2,3)30(36)37-19-18-24(33)16-17-26(39-28(34)22-12-8-6-9-13-22)27(20-25-21-38-32(4,5)41-25)40-29(35)23-14-10-7-11-15-23/h6-15,24-27,33H,18-21H2,1-5H3/t24-,25+,26-,27+/m1/s1. The van der Waals surface area contributed by atoms with E-state index in [1.807, 2.05) is 0 Å². The van der Waals surface area contributed by atoms with E-state index in [1.54, 1.807) is 95.3 Å². The minimum atomic E-state index is -1.26. The van der Waals surface area contributed by atoms with Crippen molar-refractivity contribution in [3.8, 4) is 11.8 Å². The molecule has 1 heterocycles. The lowest BCUT2D eigenvalue weighted by Gasteiger charge is -2.26. The second-order valence-electron chi connectivity index (χ2n) is 11.2. The lowest BCUT2D eigenvalue weighted by atomic mass is 9.97. The number of benzene rings is 2. The fraction of sp³-hybridized carbons (Fsp3) is 0.469. The molecule has 0 aromatic heterocycles. The normalized spacial score (nSPS) is 18.2. The van der Waals surface area contributed by atoms with Gasteiger partial charge in [-0.2, -0.15) is 0 Å². The maximum atomic E-state index is 13.1. The van der Waals surface area contributed by atoms with Crippen LogP contribution in [0.2, 0.25) is 0 Å². The first-order valence-corrected chi connectivity index (χ1v) is 13.5. The summed E-state index contributed by atoms with van der Waals surface area (Å²) in [6, 6.07) is 16.7. The first-order chi connectivity index (χ1) is 19.3. The van der Waals surface area contributed by atoms with Crippen LogP contribution in [0.3, 0.4) is 0 Å². The minimum Gasteiger partial charge on any atom is -0.465 e. The Morgan fingerprint density at radius 2 is 1.51 bits per heavy atom. The third-order valence-electron chi connectivity index (χ3n) is 6.04. The van der Waals surface area contributed by atoms with Gasteiger partial charge in [-0.3, -0.25) is 4.79 Å². The van der Waals surface area contributed by atoms with Gasteiger partial charge in [-0.05, 0) is 58.9 Å². The van der Waals surface area contributed by atoms with E-state index in [4.69, 9.17) is 23.7 Å². The molecule has 9 nitrogen and oxygen atoms in total. The number of carbonyl (C=O) groups is 3. The summed E-state index contributed by atoms with van der Waals surface area (Å²) in [5.41, 5.74) is -0.0871. The fourth-order valence-corrected chi connectivity index (χ4v) is 3.84. The van der Waals surface area contributed by atoms with Gasteiger partial charge in [0, 0.05) is 12.8 Å². The quantitative estimate of drug-likeness (QED) is 0.255. The Bertz CT molecular complexity index is 1220. The van der Waals surface area contributed by atoms with Gasteiger partial charge in [-0.1, -0.05) is 48.2 Å². The van der Waals surface area contributed by atoms with Crippen LogP contribution in [0, 0.1) is 17.3 Å². The SMILES string of the molecule is CC1(C)OC[C@H](C[C@H](OC(=O)c2ccccc2)[C@@H](C#C[C@@H](O)CCOC(=O)C(C)(C)C)OC(=O)c2ccccc2)O1. The monoisotopic (exact) mass is 566 g/mol. The highest BCUT2D eigenvalue weighted by atomic mass is 16.7. The van der Waals surface area contributed by atoms with Crippen LogP contribution in [0.15, 0.2) is 60.7 Å². The number of aliphatic hydroxyl groups is 1. The summed E-state index contributed by atoms with van der Waals surface area (Å²) in [4.78, 5) is 38.1. The molecule has 220 valence electrons. The maximum absolute atomic E-state index is 13.1. The first-order valence-electron chi connectivity index (χ1n) is 13.5. The van der Waals surface area contributed by atoms with Gasteiger partial charge in [0.1, 0.15) is 6.10 Å². The molecular formula is C32H38O9. The zero-order chi connectivity index (χ0) is 30.0. The van der Waals surface area contributed by atoms with E-state index in [2.05, 4.69) is 11.8 Å². The summed E-state index contributed by atoms with van der Waals surface area (Å²) in [7, 11) is 0. The van der Waals surface area contributed by atoms with Crippen molar-refractivity contribution in [2.45, 2.75) is 77.7 Å². The predicted molar refractivity (Wildman–Crippen MR) is 150 cm³/mol. The average molecular weight is 567 g/mol. The highest BCUT2D eigenvalue weighted by Crippen LogP contribution is 2.27. The van der Waals surface area contributed by atoms with E-state index >= 15 is 0 Å². The molecule has 0 aliphatic carbocycles. The van der Waals surface area contributed by atoms with Crippen molar-refractivity contribution in [3.05, 3.63) is 71.8 Å². The molecule has 0 radical (unpaired) electrons. The van der Waals surface area contributed by atoms with Crippen molar-refractivity contribution in [3.63, 3.8) is 0 Å². The topological polar surface area (TPSA) is 118 Å². The van der Waals surface area contributed by atoms with Crippen molar-refractivity contribution < 1.29 is 43.2 Å². The molecule has 0 bridgehead atoms. The van der Waals surface area contributed by atoms with Crippen LogP contribution in [0.4, 0.5) is 0 Å². The molecule has 1 aliphatic rings. The molecule has 2 aromatic rings. The van der Waals surface area contributed by atoms with E-state index in [0.29, 0.717) is 5.56 Å². The summed E-state index contributed by atoms with van der Waals surface area (Å²) in [5.74, 6) is 2.90. The Labute approximate surface area is 241 Å². The zero-order valence-corrected chi connectivity index (χ0v) is 24.1. The Kier molecular flexibility index (Phi) is 11.1. The highest BCUT2D eigenvalue weighted by Gasteiger charge is 2.38. The summed E-state index contributed by atoms with van der Waals surface area (Å²) >= 11 is 0. The Hall–Kier alpha value is -3.71. The van der Waals surface area contributed by atoms with E-state index in [0.717, 1.165) is 0 Å². The Morgan fingerprint density at radius 3 is 2.02 bits per heavy atom. The minimum absolute atomic E-state index is 0.0381. The van der Waals surface area contributed by atoms with Gasteiger partial charge in [0.05, 0.1) is 35.9 Å². The second-order valence-corrected chi connectivity index (χ2v) is 11.2. The molecule has 1 saturated heterocycles. The number of rotatable bonds is 10. The lowest BCUT2D eigenvalue weighted by Crippen LogP contribution is -2.38. The molecule has 0 unspecified atom stereocenters. The second kappa shape index (κ2) is 14.3. The lowest BCUT2D eigenvalue weighted by molar-refractivity contribution is -0.153. The summed E-state index contributed by atoms with van der Waals surface area (Å²) in [5, 5.41) is 10.5. The van der Waals surface area contributed by atoms with Gasteiger partial charge in [0.25, 0.3) is 0 Å². The number of hydrogen-bond acceptors (Lipinski definition) is 9. The molecule has 41 heavy (non-hydrogen) atoms. The molecule has 9 heteroatoms. The van der Waals surface area contributed by atoms with Gasteiger partial charge in [-0.25, -0.2) is 9.59 Å². The molecule has 0 spiro atoms. The Balaban J connectivity index is 1.84. The summed E-state index contributed by atoms with van der Waals surface area (Å²) in [6.45, 7) is 8.92. The van der Waals surface area contributed by atoms with Gasteiger partial charge in [0.2, 0.25) is 0 Å². The molecule has 0 amide bonds. The molecule has 1 N–H and O–H groups in total. The van der Waals surface area contributed by atoms with Crippen LogP contribution < -0.4 is 0 Å². The van der Waals surface area contributed by atoms with Gasteiger partial charge >= 0.3 is 17.9 Å². The van der Waals surface area contributed by atoms with Crippen molar-refractivity contribution in [1.29, 1.82) is 0 Å². The largest absolute Gasteiger partial charge is 0.465 e. The number of hydrogen-bond donors (Lipinski definition) is 1. The van der Waals surface area contributed by atoms with Crippen molar-refractivity contribution in [2.75, 3.05) is 13.2 Å². The molecule has 2 aromatic carbocycles. The summed E-state index contributed by atoms with van der Waals surface area (Å²) in [6.07, 6.45) is -3.83. The van der Waals surface area contributed by atoms with Crippen molar-refractivity contribution in [2.24, 2.45) is 5.41 Å². The smallest absolute Gasteiger partial charge is 0.339 e. The molecule has 0 saturated carbocycles. The van der Waals surface area contributed by atoms with Crippen molar-refractivity contribution in [1.82, 2.24) is 0 Å². The van der Waals surface area contributed by atoms with Gasteiger partial charge < -0.3 is 28.8 Å². The van der Waals surface area contributed by atoms with Gasteiger partial charge in [-0.15, -0.1) is 0 Å². The number of aliphatic hydroxyl groups excluding tert-OH is 1. The Morgan fingerprint density at radius 1 is 0.951 bits per heavy atom. The first kappa shape index (κ1) is 31.8. The van der Waals surface area contributed by atoms with E-state index in [-0.39, 0.29) is 31.6 Å². The molecule has 1 fully saturated rings. The van der Waals surface area contributed by atoms with E-state index < -0.39 is 53.5 Å². The fourth-order valence-electron chi connectivity index (χ4n) is 3.84. The van der Waals surface area contributed by atoms with E-state index in [1.165, 1.54) is 0 Å². The molecular weight excluding hydrogens is 528 g/mol. The third kappa shape index (κ3) is 10.3. The number of carbonyl (C=O) groups excluding carboxylic acids is 3.